The summed E-state index contributed by atoms with van der Waals surface area (Å²) in [6.07, 6.45) is -0.194. The van der Waals surface area contributed by atoms with Gasteiger partial charge < -0.3 is 9.84 Å². The molecule has 0 aliphatic heterocycles. The average molecular weight is 374 g/mol. The molecule has 0 heterocycles. The van der Waals surface area contributed by atoms with Crippen LogP contribution in [-0.4, -0.2) is 18.3 Å². The Hall–Kier alpha value is -1.10. The molecule has 1 unspecified atom stereocenters. The first-order chi connectivity index (χ1) is 10.0. The van der Waals surface area contributed by atoms with Crippen LogP contribution in [-0.2, 0) is 12.8 Å². The molecule has 2 rings (SSSR count). The second-order valence-electron chi connectivity index (χ2n) is 4.72. The quantitative estimate of drug-likeness (QED) is 0.842. The second-order valence-corrected chi connectivity index (χ2v) is 5.98. The molecule has 1 atom stereocenters. The summed E-state index contributed by atoms with van der Waals surface area (Å²) in [5.74, 6) is 0.315. The number of hydrogen-bond acceptors (Lipinski definition) is 2. The van der Waals surface area contributed by atoms with Crippen molar-refractivity contribution < 1.29 is 14.2 Å². The van der Waals surface area contributed by atoms with Crippen LogP contribution in [0.1, 0.15) is 11.1 Å². The Morgan fingerprint density at radius 3 is 2.71 bits per heavy atom. The van der Waals surface area contributed by atoms with E-state index in [1.807, 2.05) is 18.2 Å². The Kier molecular flexibility index (Phi) is 5.62. The van der Waals surface area contributed by atoms with Crippen molar-refractivity contribution in [2.45, 2.75) is 18.9 Å². The first-order valence-electron chi connectivity index (χ1n) is 6.44. The van der Waals surface area contributed by atoms with Crippen LogP contribution >= 0.6 is 27.5 Å². The van der Waals surface area contributed by atoms with Gasteiger partial charge in [-0.1, -0.05) is 33.6 Å². The van der Waals surface area contributed by atoms with Crippen LogP contribution in [0.4, 0.5) is 4.39 Å². The average Bonchev–Trinajstić information content (AvgIpc) is 2.45. The first kappa shape index (κ1) is 16.3. The fourth-order valence-electron chi connectivity index (χ4n) is 2.12. The van der Waals surface area contributed by atoms with Gasteiger partial charge in [-0.05, 0) is 42.3 Å². The van der Waals surface area contributed by atoms with Crippen molar-refractivity contribution >= 4 is 27.5 Å². The maximum Gasteiger partial charge on any atom is 0.127 e. The number of methoxy groups -OCH3 is 1. The van der Waals surface area contributed by atoms with Crippen molar-refractivity contribution in [2.75, 3.05) is 7.11 Å². The zero-order valence-corrected chi connectivity index (χ0v) is 13.8. The van der Waals surface area contributed by atoms with E-state index in [9.17, 15) is 9.50 Å². The third-order valence-electron chi connectivity index (χ3n) is 3.21. The highest BCUT2D eigenvalue weighted by Crippen LogP contribution is 2.26. The zero-order chi connectivity index (χ0) is 15.4. The minimum Gasteiger partial charge on any atom is -0.497 e. The number of rotatable bonds is 5. The molecule has 0 aliphatic carbocycles. The van der Waals surface area contributed by atoms with E-state index in [2.05, 4.69) is 15.9 Å². The Labute approximate surface area is 136 Å². The molecule has 0 spiro atoms. The number of ether oxygens (including phenoxy) is 1. The van der Waals surface area contributed by atoms with Gasteiger partial charge in [-0.3, -0.25) is 0 Å². The van der Waals surface area contributed by atoms with Gasteiger partial charge in [0, 0.05) is 21.5 Å². The highest BCUT2D eigenvalue weighted by Gasteiger charge is 2.15. The molecule has 0 radical (unpaired) electrons. The Morgan fingerprint density at radius 1 is 1.29 bits per heavy atom. The highest BCUT2D eigenvalue weighted by molar-refractivity contribution is 9.10. The van der Waals surface area contributed by atoms with Crippen molar-refractivity contribution in [3.63, 3.8) is 0 Å². The molecular weight excluding hydrogens is 359 g/mol. The number of aliphatic hydroxyl groups excluding tert-OH is 1. The number of benzene rings is 2. The molecule has 0 aliphatic rings. The molecule has 0 saturated heterocycles. The largest absolute Gasteiger partial charge is 0.497 e. The fourth-order valence-corrected chi connectivity index (χ4v) is 2.77. The lowest BCUT2D eigenvalue weighted by molar-refractivity contribution is 0.174. The maximum atomic E-state index is 13.7. The molecule has 21 heavy (non-hydrogen) atoms. The molecule has 0 saturated carbocycles. The smallest absolute Gasteiger partial charge is 0.127 e. The molecule has 1 N–H and O–H groups in total. The van der Waals surface area contributed by atoms with E-state index in [0.29, 0.717) is 22.8 Å². The molecule has 2 aromatic carbocycles. The first-order valence-corrected chi connectivity index (χ1v) is 7.61. The van der Waals surface area contributed by atoms with Crippen molar-refractivity contribution in [1.82, 2.24) is 0 Å². The Morgan fingerprint density at radius 2 is 2.05 bits per heavy atom. The maximum absolute atomic E-state index is 13.7. The van der Waals surface area contributed by atoms with Crippen molar-refractivity contribution in [3.05, 3.63) is 62.8 Å². The molecule has 0 amide bonds. The molecule has 112 valence electrons. The van der Waals surface area contributed by atoms with E-state index < -0.39 is 11.9 Å². The topological polar surface area (TPSA) is 29.5 Å². The Bertz CT molecular complexity index is 613. The van der Waals surface area contributed by atoms with Gasteiger partial charge in [0.1, 0.15) is 11.6 Å². The van der Waals surface area contributed by atoms with E-state index in [1.165, 1.54) is 6.07 Å². The number of hydrogen-bond donors (Lipinski definition) is 1. The molecule has 0 aromatic heterocycles. The van der Waals surface area contributed by atoms with Gasteiger partial charge in [0.2, 0.25) is 0 Å². The molecule has 2 aromatic rings. The minimum atomic E-state index is -0.734. The van der Waals surface area contributed by atoms with Crippen molar-refractivity contribution in [2.24, 2.45) is 0 Å². The van der Waals surface area contributed by atoms with Gasteiger partial charge in [0.25, 0.3) is 0 Å². The normalized spacial score (nSPS) is 12.2. The van der Waals surface area contributed by atoms with Crippen LogP contribution in [0.25, 0.3) is 0 Å². The van der Waals surface area contributed by atoms with Crippen LogP contribution in [0.3, 0.4) is 0 Å². The van der Waals surface area contributed by atoms with E-state index >= 15 is 0 Å². The summed E-state index contributed by atoms with van der Waals surface area (Å²) in [4.78, 5) is 0. The van der Waals surface area contributed by atoms with Gasteiger partial charge in [-0.25, -0.2) is 4.39 Å². The SMILES string of the molecule is COc1ccc(Br)c(CC(O)Cc2c(F)cccc2Cl)c1. The van der Waals surface area contributed by atoms with Crippen LogP contribution in [0, 0.1) is 5.82 Å². The zero-order valence-electron chi connectivity index (χ0n) is 11.4. The standard InChI is InChI=1S/C16H15BrClFO2/c1-21-12-5-6-14(17)10(8-12)7-11(20)9-13-15(18)3-2-4-16(13)19/h2-6,8,11,20H,7,9H2,1H3. The van der Waals surface area contributed by atoms with Gasteiger partial charge in [-0.15, -0.1) is 0 Å². The Balaban J connectivity index is 2.13. The molecular formula is C16H15BrClFO2. The van der Waals surface area contributed by atoms with Crippen LogP contribution in [0.5, 0.6) is 5.75 Å². The minimum absolute atomic E-state index is 0.162. The van der Waals surface area contributed by atoms with Gasteiger partial charge in [-0.2, -0.15) is 0 Å². The molecule has 5 heteroatoms. The lowest BCUT2D eigenvalue weighted by Crippen LogP contribution is -2.15. The van der Waals surface area contributed by atoms with Gasteiger partial charge in [0.15, 0.2) is 0 Å². The molecule has 2 nitrogen and oxygen atoms in total. The van der Waals surface area contributed by atoms with Crippen LogP contribution in [0.2, 0.25) is 5.02 Å². The van der Waals surface area contributed by atoms with E-state index in [0.717, 1.165) is 10.0 Å². The second kappa shape index (κ2) is 7.25. The van der Waals surface area contributed by atoms with Crippen molar-refractivity contribution in [1.29, 1.82) is 0 Å². The summed E-state index contributed by atoms with van der Waals surface area (Å²) in [5, 5.41) is 10.5. The predicted molar refractivity (Wildman–Crippen MR) is 85.5 cm³/mol. The summed E-state index contributed by atoms with van der Waals surface area (Å²) in [6, 6.07) is 10.0. The predicted octanol–water partition coefficient (Wildman–Crippen LogP) is 4.40. The van der Waals surface area contributed by atoms with Crippen LogP contribution < -0.4 is 4.74 Å². The van der Waals surface area contributed by atoms with E-state index in [1.54, 1.807) is 19.2 Å². The summed E-state index contributed by atoms with van der Waals surface area (Å²) in [6.45, 7) is 0. The van der Waals surface area contributed by atoms with Gasteiger partial charge in [0.05, 0.1) is 13.2 Å². The number of aliphatic hydroxyl groups is 1. The third-order valence-corrected chi connectivity index (χ3v) is 4.34. The fraction of sp³-hybridized carbons (Fsp3) is 0.250. The highest BCUT2D eigenvalue weighted by atomic mass is 79.9. The van der Waals surface area contributed by atoms with Crippen molar-refractivity contribution in [3.8, 4) is 5.75 Å². The molecule has 0 fully saturated rings. The van der Waals surface area contributed by atoms with Gasteiger partial charge >= 0.3 is 0 Å². The van der Waals surface area contributed by atoms with Crippen LogP contribution in [0.15, 0.2) is 40.9 Å². The summed E-state index contributed by atoms with van der Waals surface area (Å²) in [7, 11) is 1.59. The summed E-state index contributed by atoms with van der Waals surface area (Å²) >= 11 is 9.41. The third kappa shape index (κ3) is 4.19. The summed E-state index contributed by atoms with van der Waals surface area (Å²) in [5.41, 5.74) is 1.24. The lowest BCUT2D eigenvalue weighted by Gasteiger charge is -2.14. The summed E-state index contributed by atoms with van der Waals surface area (Å²) < 4.78 is 19.8. The molecule has 0 bridgehead atoms. The monoisotopic (exact) mass is 372 g/mol. The number of halogens is 3. The lowest BCUT2D eigenvalue weighted by atomic mass is 10.0. The van der Waals surface area contributed by atoms with E-state index in [-0.39, 0.29) is 6.42 Å². The van der Waals surface area contributed by atoms with E-state index in [4.69, 9.17) is 16.3 Å².